The van der Waals surface area contributed by atoms with Gasteiger partial charge >= 0.3 is 10.2 Å². The number of hydrogen-bond acceptors (Lipinski definition) is 3. The molecule has 1 unspecified atom stereocenters. The van der Waals surface area contributed by atoms with E-state index in [1.165, 1.54) is 4.31 Å². The van der Waals surface area contributed by atoms with E-state index in [1.54, 1.807) is 0 Å². The predicted octanol–water partition coefficient (Wildman–Crippen LogP) is 1.23. The summed E-state index contributed by atoms with van der Waals surface area (Å²) < 4.78 is 29.0. The SMILES string of the molecule is CC(C)NS(=O)(=O)N1CC(C)NCc2ccccc21. The topological polar surface area (TPSA) is 61.4 Å². The Bertz CT molecular complexity index is 543. The predicted molar refractivity (Wildman–Crippen MR) is 77.3 cm³/mol. The van der Waals surface area contributed by atoms with Crippen LogP contribution in [-0.4, -0.2) is 27.0 Å². The Hall–Kier alpha value is -1.11. The van der Waals surface area contributed by atoms with Crippen LogP contribution >= 0.6 is 0 Å². The van der Waals surface area contributed by atoms with Gasteiger partial charge in [-0.25, -0.2) is 0 Å². The number of para-hydroxylation sites is 1. The minimum atomic E-state index is -3.51. The minimum absolute atomic E-state index is 0.108. The van der Waals surface area contributed by atoms with Crippen molar-refractivity contribution >= 4 is 15.9 Å². The summed E-state index contributed by atoms with van der Waals surface area (Å²) in [6, 6.07) is 7.59. The Balaban J connectivity index is 2.43. The first-order chi connectivity index (χ1) is 8.90. The summed E-state index contributed by atoms with van der Waals surface area (Å²) in [7, 11) is -3.51. The molecule has 1 aliphatic heterocycles. The molecule has 1 atom stereocenters. The van der Waals surface area contributed by atoms with Crippen molar-refractivity contribution in [2.75, 3.05) is 10.8 Å². The standard InChI is InChI=1S/C13H21N3O2S/c1-10(2)15-19(17,18)16-9-11(3)14-8-12-6-4-5-7-13(12)16/h4-7,10-11,14-15H,8-9H2,1-3H3. The van der Waals surface area contributed by atoms with Crippen LogP contribution in [0.5, 0.6) is 0 Å². The highest BCUT2D eigenvalue weighted by atomic mass is 32.2. The zero-order chi connectivity index (χ0) is 14.0. The van der Waals surface area contributed by atoms with E-state index in [9.17, 15) is 8.42 Å². The number of nitrogens with one attached hydrogen (secondary N) is 2. The van der Waals surface area contributed by atoms with Gasteiger partial charge in [0.25, 0.3) is 0 Å². The Morgan fingerprint density at radius 1 is 1.37 bits per heavy atom. The second kappa shape index (κ2) is 5.48. The van der Waals surface area contributed by atoms with Crippen LogP contribution in [0.3, 0.4) is 0 Å². The van der Waals surface area contributed by atoms with Gasteiger partial charge in [-0.2, -0.15) is 13.1 Å². The van der Waals surface area contributed by atoms with Crippen LogP contribution in [0, 0.1) is 0 Å². The zero-order valence-corrected chi connectivity index (χ0v) is 12.4. The number of rotatable bonds is 3. The fraction of sp³-hybridized carbons (Fsp3) is 0.538. The first-order valence-electron chi connectivity index (χ1n) is 6.51. The van der Waals surface area contributed by atoms with Crippen LogP contribution < -0.4 is 14.3 Å². The van der Waals surface area contributed by atoms with Crippen LogP contribution in [0.4, 0.5) is 5.69 Å². The lowest BCUT2D eigenvalue weighted by atomic mass is 10.2. The molecule has 1 aliphatic rings. The summed E-state index contributed by atoms with van der Waals surface area (Å²) in [5, 5.41) is 3.32. The molecule has 1 aromatic rings. The summed E-state index contributed by atoms with van der Waals surface area (Å²) in [6.45, 7) is 6.75. The molecule has 2 rings (SSSR count). The molecule has 0 fully saturated rings. The third-order valence-corrected chi connectivity index (χ3v) is 4.71. The molecule has 0 aliphatic carbocycles. The van der Waals surface area contributed by atoms with E-state index in [-0.39, 0.29) is 12.1 Å². The van der Waals surface area contributed by atoms with E-state index in [0.29, 0.717) is 13.1 Å². The number of hydrogen-bond donors (Lipinski definition) is 2. The summed E-state index contributed by atoms with van der Waals surface area (Å²) in [4.78, 5) is 0. The molecule has 6 heteroatoms. The molecule has 0 spiro atoms. The van der Waals surface area contributed by atoms with E-state index in [4.69, 9.17) is 0 Å². The van der Waals surface area contributed by atoms with Gasteiger partial charge in [0.2, 0.25) is 0 Å². The molecule has 0 saturated carbocycles. The van der Waals surface area contributed by atoms with Crippen LogP contribution in [0.1, 0.15) is 26.3 Å². The molecule has 2 N–H and O–H groups in total. The lowest BCUT2D eigenvalue weighted by Gasteiger charge is -2.27. The van der Waals surface area contributed by atoms with Crippen molar-refractivity contribution in [2.45, 2.75) is 39.4 Å². The lowest BCUT2D eigenvalue weighted by Crippen LogP contribution is -2.47. The van der Waals surface area contributed by atoms with Crippen LogP contribution in [-0.2, 0) is 16.8 Å². The molecule has 0 bridgehead atoms. The second-order valence-corrected chi connectivity index (χ2v) is 6.85. The summed E-state index contributed by atoms with van der Waals surface area (Å²) in [5.74, 6) is 0. The minimum Gasteiger partial charge on any atom is -0.308 e. The molecule has 106 valence electrons. The van der Waals surface area contributed by atoms with E-state index < -0.39 is 10.2 Å². The maximum atomic E-state index is 12.4. The van der Waals surface area contributed by atoms with Gasteiger partial charge in [-0.1, -0.05) is 18.2 Å². The number of nitrogens with zero attached hydrogens (tertiary/aromatic N) is 1. The van der Waals surface area contributed by atoms with E-state index in [1.807, 2.05) is 45.0 Å². The number of benzene rings is 1. The van der Waals surface area contributed by atoms with Crippen molar-refractivity contribution in [2.24, 2.45) is 0 Å². The van der Waals surface area contributed by atoms with Gasteiger partial charge in [-0.15, -0.1) is 0 Å². The van der Waals surface area contributed by atoms with Crippen molar-refractivity contribution in [3.8, 4) is 0 Å². The fourth-order valence-corrected chi connectivity index (χ4v) is 3.77. The average molecular weight is 283 g/mol. The quantitative estimate of drug-likeness (QED) is 0.877. The van der Waals surface area contributed by atoms with Crippen molar-refractivity contribution in [1.29, 1.82) is 0 Å². The molecule has 0 aromatic heterocycles. The summed E-state index contributed by atoms with van der Waals surface area (Å²) in [6.07, 6.45) is 0. The Morgan fingerprint density at radius 3 is 2.74 bits per heavy atom. The number of anilines is 1. The Labute approximate surface area is 115 Å². The molecule has 5 nitrogen and oxygen atoms in total. The molecular weight excluding hydrogens is 262 g/mol. The van der Waals surface area contributed by atoms with Crippen molar-refractivity contribution in [3.63, 3.8) is 0 Å². The van der Waals surface area contributed by atoms with Crippen LogP contribution in [0.2, 0.25) is 0 Å². The van der Waals surface area contributed by atoms with Gasteiger partial charge in [-0.05, 0) is 32.4 Å². The highest BCUT2D eigenvalue weighted by Crippen LogP contribution is 2.25. The molecule has 1 aromatic carbocycles. The van der Waals surface area contributed by atoms with E-state index in [2.05, 4.69) is 10.0 Å². The normalized spacial score (nSPS) is 20.2. The molecule has 0 amide bonds. The van der Waals surface area contributed by atoms with Gasteiger partial charge in [0.05, 0.1) is 12.2 Å². The Morgan fingerprint density at radius 2 is 2.05 bits per heavy atom. The summed E-state index contributed by atoms with van der Waals surface area (Å²) in [5.41, 5.74) is 1.76. The first kappa shape index (κ1) is 14.3. The molecule has 0 saturated heterocycles. The number of fused-ring (bicyclic) bond motifs is 1. The summed E-state index contributed by atoms with van der Waals surface area (Å²) >= 11 is 0. The second-order valence-electron chi connectivity index (χ2n) is 5.22. The van der Waals surface area contributed by atoms with Crippen molar-refractivity contribution in [1.82, 2.24) is 10.0 Å². The van der Waals surface area contributed by atoms with Crippen molar-refractivity contribution in [3.05, 3.63) is 29.8 Å². The van der Waals surface area contributed by atoms with Crippen LogP contribution in [0.15, 0.2) is 24.3 Å². The maximum absolute atomic E-state index is 12.4. The van der Waals surface area contributed by atoms with Gasteiger partial charge in [0.15, 0.2) is 0 Å². The largest absolute Gasteiger partial charge is 0.308 e. The third kappa shape index (κ3) is 3.26. The third-order valence-electron chi connectivity index (χ3n) is 3.02. The van der Waals surface area contributed by atoms with E-state index >= 15 is 0 Å². The zero-order valence-electron chi connectivity index (χ0n) is 11.6. The van der Waals surface area contributed by atoms with Gasteiger partial charge in [-0.3, -0.25) is 4.31 Å². The average Bonchev–Trinajstić information content (AvgIpc) is 2.48. The maximum Gasteiger partial charge on any atom is 0.301 e. The van der Waals surface area contributed by atoms with Gasteiger partial charge < -0.3 is 5.32 Å². The first-order valence-corrected chi connectivity index (χ1v) is 7.95. The molecule has 1 heterocycles. The van der Waals surface area contributed by atoms with Gasteiger partial charge in [0.1, 0.15) is 0 Å². The Kier molecular flexibility index (Phi) is 4.13. The van der Waals surface area contributed by atoms with E-state index in [0.717, 1.165) is 11.3 Å². The van der Waals surface area contributed by atoms with Crippen LogP contribution in [0.25, 0.3) is 0 Å². The molecule has 19 heavy (non-hydrogen) atoms. The fourth-order valence-electron chi connectivity index (χ4n) is 2.19. The lowest BCUT2D eigenvalue weighted by molar-refractivity contribution is 0.543. The smallest absolute Gasteiger partial charge is 0.301 e. The van der Waals surface area contributed by atoms with Gasteiger partial charge in [0, 0.05) is 18.6 Å². The highest BCUT2D eigenvalue weighted by Gasteiger charge is 2.28. The molecular formula is C13H21N3O2S. The van der Waals surface area contributed by atoms with Crippen molar-refractivity contribution < 1.29 is 8.42 Å². The molecule has 0 radical (unpaired) electrons. The highest BCUT2D eigenvalue weighted by molar-refractivity contribution is 7.90. The monoisotopic (exact) mass is 283 g/mol.